The molecule has 2 aliphatic rings. The summed E-state index contributed by atoms with van der Waals surface area (Å²) < 4.78 is 0. The van der Waals surface area contributed by atoms with Crippen LogP contribution >= 0.6 is 0 Å². The maximum absolute atomic E-state index is 2.58. The Morgan fingerprint density at radius 2 is 0.831 bits per heavy atom. The minimum atomic E-state index is 0.859. The highest BCUT2D eigenvalue weighted by atomic mass is 15.1. The van der Waals surface area contributed by atoms with E-state index in [-0.39, 0.29) is 0 Å². The summed E-state index contributed by atoms with van der Waals surface area (Å²) in [5, 5.41) is 5.08. The van der Waals surface area contributed by atoms with Crippen LogP contribution in [-0.2, 0) is 12.8 Å². The summed E-state index contributed by atoms with van der Waals surface area (Å²) in [6.07, 6.45) is 1.76. The van der Waals surface area contributed by atoms with E-state index in [9.17, 15) is 0 Å². The van der Waals surface area contributed by atoms with Crippen molar-refractivity contribution in [2.45, 2.75) is 12.8 Å². The first-order valence-corrected chi connectivity index (χ1v) is 22.7. The van der Waals surface area contributed by atoms with Crippen LogP contribution in [0.2, 0.25) is 0 Å². The van der Waals surface area contributed by atoms with Crippen LogP contribution in [0.1, 0.15) is 22.3 Å². The fourth-order valence-electron chi connectivity index (χ4n) is 10.8. The fraction of sp³-hybridized carbons (Fsp3) is 0.0312. The lowest BCUT2D eigenvalue weighted by molar-refractivity contribution is 1.23. The maximum Gasteiger partial charge on any atom is 0.0549 e. The Morgan fingerprint density at radius 1 is 0.277 bits per heavy atom. The monoisotopic (exact) mass is 825 g/mol. The van der Waals surface area contributed by atoms with E-state index in [0.717, 1.165) is 18.5 Å². The number of hydrogen-bond acceptors (Lipinski definition) is 1. The minimum absolute atomic E-state index is 0.859. The van der Waals surface area contributed by atoms with Crippen molar-refractivity contribution in [3.05, 3.63) is 259 Å². The zero-order valence-electron chi connectivity index (χ0n) is 35.9. The quantitative estimate of drug-likeness (QED) is 0.145. The molecular formula is C64H43N. The van der Waals surface area contributed by atoms with Crippen LogP contribution in [0, 0.1) is 0 Å². The van der Waals surface area contributed by atoms with Crippen LogP contribution < -0.4 is 4.90 Å². The zero-order valence-corrected chi connectivity index (χ0v) is 35.9. The second kappa shape index (κ2) is 15.2. The van der Waals surface area contributed by atoms with Crippen LogP contribution in [0.5, 0.6) is 0 Å². The van der Waals surface area contributed by atoms with E-state index in [0.29, 0.717) is 0 Å². The van der Waals surface area contributed by atoms with Crippen molar-refractivity contribution in [1.82, 2.24) is 0 Å². The lowest BCUT2D eigenvalue weighted by Crippen LogP contribution is -2.13. The molecule has 0 aliphatic heterocycles. The summed E-state index contributed by atoms with van der Waals surface area (Å²) in [5.74, 6) is 0. The largest absolute Gasteiger partial charge is 0.309 e. The molecule has 0 saturated heterocycles. The van der Waals surface area contributed by atoms with E-state index in [1.54, 1.807) is 0 Å². The van der Waals surface area contributed by atoms with Gasteiger partial charge in [0.15, 0.2) is 0 Å². The maximum atomic E-state index is 2.58. The van der Waals surface area contributed by atoms with E-state index in [1.165, 1.54) is 122 Å². The molecule has 0 atom stereocenters. The van der Waals surface area contributed by atoms with Crippen molar-refractivity contribution in [3.63, 3.8) is 0 Å². The van der Waals surface area contributed by atoms with Crippen molar-refractivity contribution < 1.29 is 0 Å². The summed E-state index contributed by atoms with van der Waals surface area (Å²) in [5.41, 5.74) is 24.1. The summed E-state index contributed by atoms with van der Waals surface area (Å²) in [4.78, 5) is 2.58. The van der Waals surface area contributed by atoms with Gasteiger partial charge in [-0.25, -0.2) is 0 Å². The first kappa shape index (κ1) is 37.3. The summed E-state index contributed by atoms with van der Waals surface area (Å²) in [6.45, 7) is 0. The van der Waals surface area contributed by atoms with Crippen molar-refractivity contribution in [2.24, 2.45) is 0 Å². The molecule has 0 aromatic heterocycles. The SMILES string of the molecule is c1ccc(-c2ccc3c(c2)Cc2c(-c4ccccc4)ccc(N(c4ccc(-c5ccc6ccc7ccccc7c6c5)cc4)c4cc(-c5ccccc5)cc5c4-c4ccccc4C5)c2-3)cc1. The van der Waals surface area contributed by atoms with Gasteiger partial charge < -0.3 is 4.90 Å². The highest BCUT2D eigenvalue weighted by Gasteiger charge is 2.32. The molecule has 304 valence electrons. The summed E-state index contributed by atoms with van der Waals surface area (Å²) in [6, 6.07) is 87.8. The smallest absolute Gasteiger partial charge is 0.0549 e. The molecule has 11 aromatic rings. The van der Waals surface area contributed by atoms with E-state index in [1.807, 2.05) is 0 Å². The molecule has 0 spiro atoms. The highest BCUT2D eigenvalue weighted by Crippen LogP contribution is 2.55. The Bertz CT molecular complexity index is 3620. The molecule has 0 radical (unpaired) electrons. The molecule has 0 unspecified atom stereocenters. The van der Waals surface area contributed by atoms with Gasteiger partial charge in [0.05, 0.1) is 11.4 Å². The fourth-order valence-corrected chi connectivity index (χ4v) is 10.8. The Balaban J connectivity index is 1.06. The molecule has 1 nitrogen and oxygen atoms in total. The van der Waals surface area contributed by atoms with Crippen molar-refractivity contribution in [3.8, 4) is 66.8 Å². The summed E-state index contributed by atoms with van der Waals surface area (Å²) in [7, 11) is 0. The van der Waals surface area contributed by atoms with Gasteiger partial charge in [0.1, 0.15) is 0 Å². The number of hydrogen-bond donors (Lipinski definition) is 0. The van der Waals surface area contributed by atoms with Gasteiger partial charge in [0.2, 0.25) is 0 Å². The Kier molecular flexibility index (Phi) is 8.74. The van der Waals surface area contributed by atoms with E-state index < -0.39 is 0 Å². The minimum Gasteiger partial charge on any atom is -0.309 e. The number of rotatable bonds is 7. The van der Waals surface area contributed by atoms with Gasteiger partial charge in [0, 0.05) is 16.8 Å². The molecule has 2 aliphatic carbocycles. The number of nitrogens with zero attached hydrogens (tertiary/aromatic N) is 1. The second-order valence-corrected chi connectivity index (χ2v) is 17.6. The first-order valence-electron chi connectivity index (χ1n) is 22.7. The lowest BCUT2D eigenvalue weighted by atomic mass is 9.92. The van der Waals surface area contributed by atoms with Crippen LogP contribution in [-0.4, -0.2) is 0 Å². The molecule has 0 fully saturated rings. The Labute approximate surface area is 380 Å². The van der Waals surface area contributed by atoms with Gasteiger partial charge in [-0.3, -0.25) is 0 Å². The molecule has 0 saturated carbocycles. The van der Waals surface area contributed by atoms with Gasteiger partial charge in [0.25, 0.3) is 0 Å². The normalized spacial score (nSPS) is 12.2. The van der Waals surface area contributed by atoms with Gasteiger partial charge in [-0.1, -0.05) is 206 Å². The van der Waals surface area contributed by atoms with Gasteiger partial charge in [-0.15, -0.1) is 0 Å². The number of benzene rings is 11. The first-order chi connectivity index (χ1) is 32.2. The average Bonchev–Trinajstić information content (AvgIpc) is 3.96. The second-order valence-electron chi connectivity index (χ2n) is 17.6. The summed E-state index contributed by atoms with van der Waals surface area (Å²) >= 11 is 0. The van der Waals surface area contributed by atoms with Crippen molar-refractivity contribution >= 4 is 38.6 Å². The van der Waals surface area contributed by atoms with Crippen LogP contribution in [0.4, 0.5) is 17.1 Å². The van der Waals surface area contributed by atoms with Gasteiger partial charge >= 0.3 is 0 Å². The average molecular weight is 826 g/mol. The molecule has 13 rings (SSSR count). The molecule has 65 heavy (non-hydrogen) atoms. The Morgan fingerprint density at radius 3 is 1.62 bits per heavy atom. The third-order valence-corrected chi connectivity index (χ3v) is 13.9. The van der Waals surface area contributed by atoms with E-state index >= 15 is 0 Å². The van der Waals surface area contributed by atoms with E-state index in [2.05, 4.69) is 241 Å². The third-order valence-electron chi connectivity index (χ3n) is 13.9. The predicted octanol–water partition coefficient (Wildman–Crippen LogP) is 17.3. The van der Waals surface area contributed by atoms with Crippen molar-refractivity contribution in [1.29, 1.82) is 0 Å². The predicted molar refractivity (Wildman–Crippen MR) is 274 cm³/mol. The molecule has 1 heteroatoms. The molecule has 0 bridgehead atoms. The van der Waals surface area contributed by atoms with Gasteiger partial charge in [-0.05, 0) is 143 Å². The standard InChI is InChI=1S/C64H43N/c1-4-14-42(15-5-1)48-30-33-58-52(36-48)40-60-56(45-18-8-3-9-19-45)34-35-61(64(58)60)65(62-41-51(43-16-6-2-7-17-43)38-53-37-50-21-11-13-23-57(50)63(53)62)54-31-28-44(29-32-54)49-27-26-47-25-24-46-20-10-12-22-55(46)59(47)39-49/h1-36,38-39,41H,37,40H2. The molecule has 11 aromatic carbocycles. The number of fused-ring (bicyclic) bond motifs is 9. The topological polar surface area (TPSA) is 3.24 Å². The molecule has 0 heterocycles. The molecular weight excluding hydrogens is 783 g/mol. The molecule has 0 amide bonds. The number of anilines is 3. The Hall–Kier alpha value is -8.26. The lowest BCUT2D eigenvalue weighted by Gasteiger charge is -2.31. The van der Waals surface area contributed by atoms with Crippen molar-refractivity contribution in [2.75, 3.05) is 4.90 Å². The molecule has 0 N–H and O–H groups in total. The van der Waals surface area contributed by atoms with E-state index in [4.69, 9.17) is 0 Å². The van der Waals surface area contributed by atoms with Crippen LogP contribution in [0.15, 0.2) is 237 Å². The third kappa shape index (κ3) is 6.31. The van der Waals surface area contributed by atoms with Gasteiger partial charge in [-0.2, -0.15) is 0 Å². The van der Waals surface area contributed by atoms with Crippen LogP contribution in [0.25, 0.3) is 88.3 Å². The highest BCUT2D eigenvalue weighted by molar-refractivity contribution is 6.09. The van der Waals surface area contributed by atoms with Crippen LogP contribution in [0.3, 0.4) is 0 Å². The zero-order chi connectivity index (χ0) is 42.8.